The van der Waals surface area contributed by atoms with E-state index in [2.05, 4.69) is 10.2 Å². The Morgan fingerprint density at radius 1 is 1.13 bits per heavy atom. The zero-order valence-corrected chi connectivity index (χ0v) is 18.9. The van der Waals surface area contributed by atoms with Crippen LogP contribution in [-0.2, 0) is 10.0 Å². The van der Waals surface area contributed by atoms with Gasteiger partial charge < -0.3 is 9.15 Å². The summed E-state index contributed by atoms with van der Waals surface area (Å²) in [4.78, 5) is 0.278. The minimum absolute atomic E-state index is 0.127. The number of nitrogens with zero attached hydrogens (tertiary/aromatic N) is 3. The maximum Gasteiger partial charge on any atom is 0.248 e. The van der Waals surface area contributed by atoms with E-state index in [1.807, 2.05) is 45.0 Å². The molecule has 2 aromatic carbocycles. The normalized spacial score (nSPS) is 17.6. The molecule has 7 nitrogen and oxygen atoms in total. The molecule has 8 heteroatoms. The number of sulfonamides is 1. The van der Waals surface area contributed by atoms with Crippen LogP contribution in [0.4, 0.5) is 0 Å². The van der Waals surface area contributed by atoms with Crippen molar-refractivity contribution in [1.29, 1.82) is 0 Å². The van der Waals surface area contributed by atoms with Crippen LogP contribution in [-0.4, -0.2) is 42.6 Å². The largest absolute Gasteiger partial charge is 0.494 e. The van der Waals surface area contributed by atoms with Gasteiger partial charge in [-0.05, 0) is 69.0 Å². The fourth-order valence-electron chi connectivity index (χ4n) is 3.93. The van der Waals surface area contributed by atoms with E-state index < -0.39 is 10.0 Å². The Bertz CT molecular complexity index is 1170. The third kappa shape index (κ3) is 4.36. The predicted molar refractivity (Wildman–Crippen MR) is 118 cm³/mol. The number of aryl methyl sites for hydroxylation is 2. The van der Waals surface area contributed by atoms with Gasteiger partial charge in [-0.2, -0.15) is 4.31 Å². The van der Waals surface area contributed by atoms with Gasteiger partial charge in [0.15, 0.2) is 0 Å². The third-order valence-corrected chi connectivity index (χ3v) is 7.49. The Balaban J connectivity index is 1.55. The number of hydrogen-bond donors (Lipinski definition) is 0. The summed E-state index contributed by atoms with van der Waals surface area (Å²) in [5.74, 6) is 1.53. The van der Waals surface area contributed by atoms with Crippen LogP contribution in [0.1, 0.15) is 42.7 Å². The van der Waals surface area contributed by atoms with Gasteiger partial charge in [-0.15, -0.1) is 10.2 Å². The molecule has 1 aliphatic rings. The van der Waals surface area contributed by atoms with Crippen molar-refractivity contribution in [2.45, 2.75) is 44.4 Å². The molecule has 0 bridgehead atoms. The minimum atomic E-state index is -3.62. The molecule has 0 N–H and O–H groups in total. The van der Waals surface area contributed by atoms with E-state index in [0.717, 1.165) is 29.5 Å². The summed E-state index contributed by atoms with van der Waals surface area (Å²) in [6.07, 6.45) is 1.55. The van der Waals surface area contributed by atoms with E-state index in [-0.39, 0.29) is 10.8 Å². The second kappa shape index (κ2) is 8.80. The summed E-state index contributed by atoms with van der Waals surface area (Å²) in [5.41, 5.74) is 2.75. The molecule has 1 aliphatic heterocycles. The van der Waals surface area contributed by atoms with Crippen molar-refractivity contribution in [3.63, 3.8) is 0 Å². The molecule has 0 radical (unpaired) electrons. The van der Waals surface area contributed by atoms with E-state index in [1.165, 1.54) is 4.31 Å². The molecule has 0 amide bonds. The summed E-state index contributed by atoms with van der Waals surface area (Å²) < 4.78 is 39.6. The summed E-state index contributed by atoms with van der Waals surface area (Å²) in [5, 5.41) is 8.45. The van der Waals surface area contributed by atoms with Gasteiger partial charge >= 0.3 is 0 Å². The van der Waals surface area contributed by atoms with Crippen LogP contribution in [0.15, 0.2) is 51.8 Å². The van der Waals surface area contributed by atoms with Crippen molar-refractivity contribution < 1.29 is 17.6 Å². The molecule has 164 valence electrons. The van der Waals surface area contributed by atoms with Gasteiger partial charge in [0, 0.05) is 18.7 Å². The average Bonchev–Trinajstić information content (AvgIpc) is 3.26. The molecule has 3 aromatic rings. The maximum atomic E-state index is 13.3. The Kier molecular flexibility index (Phi) is 6.11. The lowest BCUT2D eigenvalue weighted by Gasteiger charge is -2.30. The molecule has 0 saturated carbocycles. The van der Waals surface area contributed by atoms with Gasteiger partial charge in [0.05, 0.1) is 17.4 Å². The SMILES string of the molecule is CCOc1ccc(S(=O)(=O)N2CCCC(c3nnc(-c4ccccc4C)o3)C2)cc1C. The van der Waals surface area contributed by atoms with Gasteiger partial charge in [-0.1, -0.05) is 18.2 Å². The maximum absolute atomic E-state index is 13.3. The fraction of sp³-hybridized carbons (Fsp3) is 0.391. The van der Waals surface area contributed by atoms with Crippen molar-refractivity contribution in [2.75, 3.05) is 19.7 Å². The fourth-order valence-corrected chi connectivity index (χ4v) is 5.54. The second-order valence-corrected chi connectivity index (χ2v) is 9.76. The highest BCUT2D eigenvalue weighted by Gasteiger charge is 2.33. The van der Waals surface area contributed by atoms with Gasteiger partial charge in [0.25, 0.3) is 0 Å². The smallest absolute Gasteiger partial charge is 0.248 e. The Morgan fingerprint density at radius 2 is 1.94 bits per heavy atom. The molecule has 1 unspecified atom stereocenters. The minimum Gasteiger partial charge on any atom is -0.494 e. The Labute approximate surface area is 183 Å². The Morgan fingerprint density at radius 3 is 2.68 bits per heavy atom. The molecule has 31 heavy (non-hydrogen) atoms. The quantitative estimate of drug-likeness (QED) is 0.566. The van der Waals surface area contributed by atoms with E-state index in [0.29, 0.717) is 37.2 Å². The van der Waals surface area contributed by atoms with E-state index in [4.69, 9.17) is 9.15 Å². The monoisotopic (exact) mass is 441 g/mol. The number of benzene rings is 2. The molecule has 4 rings (SSSR count). The number of piperidine rings is 1. The van der Waals surface area contributed by atoms with Gasteiger partial charge in [-0.25, -0.2) is 8.42 Å². The number of rotatable bonds is 6. The first-order chi connectivity index (χ1) is 14.9. The summed E-state index contributed by atoms with van der Waals surface area (Å²) in [6.45, 7) is 7.09. The Hall–Kier alpha value is -2.71. The molecular formula is C23H27N3O4S. The topological polar surface area (TPSA) is 85.5 Å². The summed E-state index contributed by atoms with van der Waals surface area (Å²) >= 11 is 0. The van der Waals surface area contributed by atoms with E-state index in [1.54, 1.807) is 18.2 Å². The molecule has 0 aliphatic carbocycles. The predicted octanol–water partition coefficient (Wildman–Crippen LogP) is 4.32. The van der Waals surface area contributed by atoms with Crippen LogP contribution in [0.3, 0.4) is 0 Å². The van der Waals surface area contributed by atoms with Crippen LogP contribution in [0.2, 0.25) is 0 Å². The molecule has 1 atom stereocenters. The zero-order chi connectivity index (χ0) is 22.0. The van der Waals surface area contributed by atoms with Crippen LogP contribution < -0.4 is 4.74 Å². The van der Waals surface area contributed by atoms with Crippen molar-refractivity contribution in [1.82, 2.24) is 14.5 Å². The van der Waals surface area contributed by atoms with Gasteiger partial charge in [0.1, 0.15) is 5.75 Å². The molecule has 1 saturated heterocycles. The molecule has 0 spiro atoms. The van der Waals surface area contributed by atoms with Crippen LogP contribution in [0, 0.1) is 13.8 Å². The lowest BCUT2D eigenvalue weighted by Crippen LogP contribution is -2.39. The molecule has 1 fully saturated rings. The van der Waals surface area contributed by atoms with Gasteiger partial charge in [0.2, 0.25) is 21.8 Å². The van der Waals surface area contributed by atoms with Crippen molar-refractivity contribution in [3.8, 4) is 17.2 Å². The number of hydrogen-bond acceptors (Lipinski definition) is 6. The number of ether oxygens (including phenoxy) is 1. The highest BCUT2D eigenvalue weighted by atomic mass is 32.2. The standard InChI is InChI=1S/C23H27N3O4S/c1-4-29-21-12-11-19(14-17(21)3)31(27,28)26-13-7-9-18(15-26)22-24-25-23(30-22)20-10-6-5-8-16(20)2/h5-6,8,10-12,14,18H,4,7,9,13,15H2,1-3H3. The lowest BCUT2D eigenvalue weighted by molar-refractivity contribution is 0.286. The number of aromatic nitrogens is 2. The summed E-state index contributed by atoms with van der Waals surface area (Å²) in [7, 11) is -3.62. The van der Waals surface area contributed by atoms with Crippen LogP contribution >= 0.6 is 0 Å². The van der Waals surface area contributed by atoms with Crippen LogP contribution in [0.25, 0.3) is 11.5 Å². The average molecular weight is 442 g/mol. The second-order valence-electron chi connectivity index (χ2n) is 7.82. The van der Waals surface area contributed by atoms with Crippen molar-refractivity contribution in [3.05, 3.63) is 59.5 Å². The van der Waals surface area contributed by atoms with E-state index in [9.17, 15) is 8.42 Å². The lowest BCUT2D eigenvalue weighted by atomic mass is 10.00. The first kappa shape index (κ1) is 21.5. The zero-order valence-electron chi connectivity index (χ0n) is 18.0. The van der Waals surface area contributed by atoms with Gasteiger partial charge in [-0.3, -0.25) is 0 Å². The summed E-state index contributed by atoms with van der Waals surface area (Å²) in [6, 6.07) is 12.8. The first-order valence-corrected chi connectivity index (χ1v) is 12.0. The molecule has 2 heterocycles. The van der Waals surface area contributed by atoms with Crippen molar-refractivity contribution >= 4 is 10.0 Å². The third-order valence-electron chi connectivity index (χ3n) is 5.63. The van der Waals surface area contributed by atoms with Crippen molar-refractivity contribution in [2.24, 2.45) is 0 Å². The molecular weight excluding hydrogens is 414 g/mol. The first-order valence-electron chi connectivity index (χ1n) is 10.5. The van der Waals surface area contributed by atoms with Crippen LogP contribution in [0.5, 0.6) is 5.75 Å². The highest BCUT2D eigenvalue weighted by Crippen LogP contribution is 2.32. The van der Waals surface area contributed by atoms with E-state index >= 15 is 0 Å². The highest BCUT2D eigenvalue weighted by molar-refractivity contribution is 7.89. The molecule has 1 aromatic heterocycles.